The molecule has 0 spiro atoms. The van der Waals surface area contributed by atoms with Gasteiger partial charge in [-0.05, 0) is 17.7 Å². The summed E-state index contributed by atoms with van der Waals surface area (Å²) in [7, 11) is 1.36. The highest BCUT2D eigenvalue weighted by Crippen LogP contribution is 2.18. The van der Waals surface area contributed by atoms with E-state index in [1.165, 1.54) is 7.11 Å². The smallest absolute Gasteiger partial charge is 0.325 e. The zero-order valence-electron chi connectivity index (χ0n) is 12.4. The van der Waals surface area contributed by atoms with E-state index in [0.29, 0.717) is 13.2 Å². The number of carbonyl (C=O) groups excluding carboxylic acids is 1. The van der Waals surface area contributed by atoms with Crippen molar-refractivity contribution in [2.75, 3.05) is 40.0 Å². The molecule has 0 amide bonds. The maximum Gasteiger partial charge on any atom is 0.325 e. The number of pyridine rings is 1. The molecule has 22 heavy (non-hydrogen) atoms. The molecule has 2 heterocycles. The number of hydrogen-bond donors (Lipinski definition) is 1. The van der Waals surface area contributed by atoms with Crippen molar-refractivity contribution in [3.8, 4) is 0 Å². The van der Waals surface area contributed by atoms with Crippen molar-refractivity contribution in [2.45, 2.75) is 0 Å². The van der Waals surface area contributed by atoms with E-state index < -0.39 is 0 Å². The standard InChI is InChI=1S/C15H19N3O3S/c1-20-14(19)11-17-10-13(12-2-4-16-5-3-12)15(22)18-6-8-21-9-7-18/h2-5,10,17H,6-9,11H2,1H3/b13-10-. The summed E-state index contributed by atoms with van der Waals surface area (Å²) in [5.74, 6) is -0.331. The van der Waals surface area contributed by atoms with Gasteiger partial charge in [0.05, 0.1) is 20.3 Å². The van der Waals surface area contributed by atoms with Gasteiger partial charge in [0.25, 0.3) is 0 Å². The first kappa shape index (κ1) is 16.4. The maximum atomic E-state index is 11.2. The number of esters is 1. The Bertz CT molecular complexity index is 542. The number of morpholine rings is 1. The second-order valence-electron chi connectivity index (χ2n) is 4.66. The Morgan fingerprint density at radius 3 is 2.77 bits per heavy atom. The Hall–Kier alpha value is -1.99. The normalized spacial score (nSPS) is 15.3. The van der Waals surface area contributed by atoms with Crippen molar-refractivity contribution in [2.24, 2.45) is 0 Å². The third-order valence-corrected chi connectivity index (χ3v) is 3.72. The first-order chi connectivity index (χ1) is 10.7. The number of rotatable bonds is 5. The zero-order valence-corrected chi connectivity index (χ0v) is 13.3. The summed E-state index contributed by atoms with van der Waals surface area (Å²) in [6.45, 7) is 2.95. The molecule has 0 unspecified atom stereocenters. The summed E-state index contributed by atoms with van der Waals surface area (Å²) in [4.78, 5) is 18.1. The van der Waals surface area contributed by atoms with Crippen molar-refractivity contribution in [1.82, 2.24) is 15.2 Å². The van der Waals surface area contributed by atoms with Crippen LogP contribution in [0.1, 0.15) is 5.56 Å². The van der Waals surface area contributed by atoms with Crippen molar-refractivity contribution < 1.29 is 14.3 Å². The van der Waals surface area contributed by atoms with Crippen molar-refractivity contribution in [3.63, 3.8) is 0 Å². The Balaban J connectivity index is 2.15. The van der Waals surface area contributed by atoms with Crippen molar-refractivity contribution in [3.05, 3.63) is 36.3 Å². The summed E-state index contributed by atoms with van der Waals surface area (Å²) >= 11 is 5.61. The van der Waals surface area contributed by atoms with Crippen LogP contribution in [-0.2, 0) is 14.3 Å². The minimum atomic E-state index is -0.331. The van der Waals surface area contributed by atoms with E-state index in [1.807, 2.05) is 12.1 Å². The largest absolute Gasteiger partial charge is 0.468 e. The summed E-state index contributed by atoms with van der Waals surface area (Å²) in [5.41, 5.74) is 1.80. The molecule has 2 rings (SSSR count). The lowest BCUT2D eigenvalue weighted by Gasteiger charge is -2.30. The molecule has 1 aliphatic heterocycles. The van der Waals surface area contributed by atoms with Crippen LogP contribution in [0.25, 0.3) is 5.57 Å². The summed E-state index contributed by atoms with van der Waals surface area (Å²) in [6, 6.07) is 3.77. The first-order valence-electron chi connectivity index (χ1n) is 7.00. The van der Waals surface area contributed by atoms with Crippen LogP contribution in [0, 0.1) is 0 Å². The molecule has 0 aliphatic carbocycles. The van der Waals surface area contributed by atoms with Gasteiger partial charge in [0.1, 0.15) is 11.5 Å². The van der Waals surface area contributed by atoms with Crippen molar-refractivity contribution >= 4 is 28.7 Å². The molecule has 1 aromatic rings. The van der Waals surface area contributed by atoms with Crippen LogP contribution in [-0.4, -0.2) is 60.8 Å². The maximum absolute atomic E-state index is 11.2. The predicted molar refractivity (Wildman–Crippen MR) is 87.2 cm³/mol. The van der Waals surface area contributed by atoms with Gasteiger partial charge in [0.15, 0.2) is 0 Å². The summed E-state index contributed by atoms with van der Waals surface area (Å²) < 4.78 is 9.97. The van der Waals surface area contributed by atoms with Crippen LogP contribution >= 0.6 is 12.2 Å². The molecule has 1 fully saturated rings. The van der Waals surface area contributed by atoms with Crippen LogP contribution in [0.3, 0.4) is 0 Å². The average molecular weight is 321 g/mol. The van der Waals surface area contributed by atoms with Crippen LogP contribution in [0.4, 0.5) is 0 Å². The summed E-state index contributed by atoms with van der Waals surface area (Å²) in [5, 5.41) is 2.95. The number of methoxy groups -OCH3 is 1. The fraction of sp³-hybridized carbons (Fsp3) is 0.400. The molecule has 0 atom stereocenters. The highest BCUT2D eigenvalue weighted by molar-refractivity contribution is 7.81. The molecule has 0 aromatic carbocycles. The van der Waals surface area contributed by atoms with Gasteiger partial charge < -0.3 is 19.7 Å². The van der Waals surface area contributed by atoms with Gasteiger partial charge in [-0.15, -0.1) is 0 Å². The molecule has 118 valence electrons. The quantitative estimate of drug-likeness (QED) is 0.490. The number of ether oxygens (including phenoxy) is 2. The highest BCUT2D eigenvalue weighted by Gasteiger charge is 2.18. The van der Waals surface area contributed by atoms with Crippen LogP contribution in [0.2, 0.25) is 0 Å². The number of carbonyl (C=O) groups is 1. The second kappa shape index (κ2) is 8.45. The monoisotopic (exact) mass is 321 g/mol. The fourth-order valence-corrected chi connectivity index (χ4v) is 2.40. The number of aromatic nitrogens is 1. The van der Waals surface area contributed by atoms with Gasteiger partial charge >= 0.3 is 5.97 Å². The highest BCUT2D eigenvalue weighted by atomic mass is 32.1. The van der Waals surface area contributed by atoms with E-state index >= 15 is 0 Å². The third-order valence-electron chi connectivity index (χ3n) is 3.24. The molecule has 7 heteroatoms. The molecule has 0 radical (unpaired) electrons. The van der Waals surface area contributed by atoms with Crippen molar-refractivity contribution in [1.29, 1.82) is 0 Å². The first-order valence-corrected chi connectivity index (χ1v) is 7.41. The molecule has 6 nitrogen and oxygen atoms in total. The Labute approximate surface area is 135 Å². The SMILES string of the molecule is COC(=O)CN/C=C(\C(=S)N1CCOCC1)c1ccncc1. The Kier molecular flexibility index (Phi) is 6.29. The lowest BCUT2D eigenvalue weighted by Crippen LogP contribution is -2.40. The minimum Gasteiger partial charge on any atom is -0.468 e. The van der Waals surface area contributed by atoms with E-state index in [2.05, 4.69) is 19.9 Å². The van der Waals surface area contributed by atoms with E-state index in [-0.39, 0.29) is 12.5 Å². The Morgan fingerprint density at radius 2 is 2.14 bits per heavy atom. The zero-order chi connectivity index (χ0) is 15.8. The molecular formula is C15H19N3O3S. The molecule has 0 saturated carbocycles. The average Bonchev–Trinajstić information content (AvgIpc) is 2.59. The lowest BCUT2D eigenvalue weighted by molar-refractivity contribution is -0.139. The molecule has 1 aromatic heterocycles. The second-order valence-corrected chi connectivity index (χ2v) is 5.04. The molecule has 1 aliphatic rings. The van der Waals surface area contributed by atoms with E-state index in [4.69, 9.17) is 17.0 Å². The van der Waals surface area contributed by atoms with Gasteiger partial charge in [-0.1, -0.05) is 12.2 Å². The fourth-order valence-electron chi connectivity index (χ4n) is 2.05. The van der Waals surface area contributed by atoms with E-state index in [0.717, 1.165) is 29.2 Å². The number of nitrogens with one attached hydrogen (secondary N) is 1. The van der Waals surface area contributed by atoms with Gasteiger partial charge in [0, 0.05) is 37.3 Å². The van der Waals surface area contributed by atoms with Crippen LogP contribution in [0.15, 0.2) is 30.7 Å². The van der Waals surface area contributed by atoms with E-state index in [9.17, 15) is 4.79 Å². The molecular weight excluding hydrogens is 302 g/mol. The lowest BCUT2D eigenvalue weighted by atomic mass is 10.1. The number of hydrogen-bond acceptors (Lipinski definition) is 6. The van der Waals surface area contributed by atoms with Gasteiger partial charge in [-0.3, -0.25) is 9.78 Å². The minimum absolute atomic E-state index is 0.0941. The van der Waals surface area contributed by atoms with Gasteiger partial charge in [-0.25, -0.2) is 0 Å². The third kappa shape index (κ3) is 4.51. The topological polar surface area (TPSA) is 63.7 Å². The van der Waals surface area contributed by atoms with Crippen LogP contribution in [0.5, 0.6) is 0 Å². The van der Waals surface area contributed by atoms with E-state index in [1.54, 1.807) is 18.6 Å². The van der Waals surface area contributed by atoms with Gasteiger partial charge in [0.2, 0.25) is 0 Å². The Morgan fingerprint density at radius 1 is 1.45 bits per heavy atom. The molecule has 1 N–H and O–H groups in total. The molecule has 0 bridgehead atoms. The number of thiocarbonyl (C=S) groups is 1. The predicted octanol–water partition coefficient (Wildman–Crippen LogP) is 0.845. The van der Waals surface area contributed by atoms with Crippen LogP contribution < -0.4 is 5.32 Å². The van der Waals surface area contributed by atoms with Gasteiger partial charge in [-0.2, -0.15) is 0 Å². The summed E-state index contributed by atoms with van der Waals surface area (Å²) in [6.07, 6.45) is 5.18. The number of nitrogens with zero attached hydrogens (tertiary/aromatic N) is 2. The molecule has 1 saturated heterocycles.